The Kier molecular flexibility index (Phi) is 5.10. The van der Waals surface area contributed by atoms with Gasteiger partial charge in [0.2, 0.25) is 0 Å². The van der Waals surface area contributed by atoms with Gasteiger partial charge in [0.05, 0.1) is 21.8 Å². The average Bonchev–Trinajstić information content (AvgIpc) is 3.03. The molecule has 0 aliphatic carbocycles. The van der Waals surface area contributed by atoms with Gasteiger partial charge in [0.1, 0.15) is 16.9 Å². The minimum absolute atomic E-state index is 0.0213. The summed E-state index contributed by atoms with van der Waals surface area (Å²) in [6, 6.07) is 4.98. The van der Waals surface area contributed by atoms with Gasteiger partial charge in [-0.3, -0.25) is 4.79 Å². The summed E-state index contributed by atoms with van der Waals surface area (Å²) in [5.74, 6) is 0.688. The molecule has 1 aromatic carbocycles. The summed E-state index contributed by atoms with van der Waals surface area (Å²) in [5.41, 5.74) is 2.27. The van der Waals surface area contributed by atoms with Crippen molar-refractivity contribution in [1.29, 1.82) is 0 Å². The second kappa shape index (κ2) is 7.38. The summed E-state index contributed by atoms with van der Waals surface area (Å²) in [6.45, 7) is 3.45. The van der Waals surface area contributed by atoms with Crippen LogP contribution in [0, 0.1) is 0 Å². The van der Waals surface area contributed by atoms with Crippen LogP contribution in [0.25, 0.3) is 0 Å². The molecule has 5 nitrogen and oxygen atoms in total. The van der Waals surface area contributed by atoms with Gasteiger partial charge >= 0.3 is 0 Å². The van der Waals surface area contributed by atoms with E-state index in [0.29, 0.717) is 26.5 Å². The zero-order valence-corrected chi connectivity index (χ0v) is 17.1. The first-order chi connectivity index (χ1) is 13.0. The smallest absolute Gasteiger partial charge is 0.254 e. The number of amides is 1. The lowest BCUT2D eigenvalue weighted by Crippen LogP contribution is -2.40. The van der Waals surface area contributed by atoms with Gasteiger partial charge in [-0.2, -0.15) is 5.10 Å². The molecule has 0 bridgehead atoms. The Hall–Kier alpha value is -1.69. The van der Waals surface area contributed by atoms with Crippen LogP contribution in [-0.2, 0) is 4.79 Å². The average molecular weight is 426 g/mol. The summed E-state index contributed by atoms with van der Waals surface area (Å²) in [7, 11) is 0. The number of aromatic nitrogens is 2. The highest BCUT2D eigenvalue weighted by Crippen LogP contribution is 2.40. The molecule has 1 atom stereocenters. The molecule has 1 amide bonds. The van der Waals surface area contributed by atoms with Gasteiger partial charge < -0.3 is 10.2 Å². The molecule has 3 heterocycles. The van der Waals surface area contributed by atoms with Crippen molar-refractivity contribution in [3.8, 4) is 0 Å². The third-order valence-corrected chi connectivity index (χ3v) is 6.13. The highest BCUT2D eigenvalue weighted by Gasteiger charge is 2.36. The molecule has 0 radical (unpaired) electrons. The first kappa shape index (κ1) is 18.7. The molecule has 2 aromatic rings. The van der Waals surface area contributed by atoms with Gasteiger partial charge in [-0.1, -0.05) is 40.9 Å². The summed E-state index contributed by atoms with van der Waals surface area (Å²) >= 11 is 18.7. The molecule has 1 fully saturated rings. The number of benzene rings is 1. The first-order valence-corrected chi connectivity index (χ1v) is 10.1. The van der Waals surface area contributed by atoms with Crippen molar-refractivity contribution in [3.63, 3.8) is 0 Å². The maximum absolute atomic E-state index is 13.4. The summed E-state index contributed by atoms with van der Waals surface area (Å²) in [6.07, 6.45) is 4.80. The Morgan fingerprint density at radius 3 is 2.56 bits per heavy atom. The molecule has 1 unspecified atom stereocenters. The van der Waals surface area contributed by atoms with Crippen LogP contribution in [0.15, 0.2) is 35.7 Å². The quantitative estimate of drug-likeness (QED) is 0.724. The van der Waals surface area contributed by atoms with E-state index in [4.69, 9.17) is 34.8 Å². The van der Waals surface area contributed by atoms with Crippen LogP contribution in [0.4, 0.5) is 5.82 Å². The molecular weight excluding hydrogens is 407 g/mol. The number of anilines is 1. The number of carbonyl (C=O) groups is 1. The molecular formula is C19H19Cl3N4O. The van der Waals surface area contributed by atoms with Crippen molar-refractivity contribution in [2.75, 3.05) is 18.4 Å². The van der Waals surface area contributed by atoms with E-state index in [1.54, 1.807) is 23.0 Å². The predicted octanol–water partition coefficient (Wildman–Crippen LogP) is 5.14. The molecule has 142 valence electrons. The highest BCUT2D eigenvalue weighted by atomic mass is 35.5. The number of rotatable bonds is 2. The number of piperidine rings is 1. The van der Waals surface area contributed by atoms with E-state index in [2.05, 4.69) is 10.4 Å². The minimum Gasteiger partial charge on any atom is -0.342 e. The van der Waals surface area contributed by atoms with E-state index in [0.717, 1.165) is 43.6 Å². The van der Waals surface area contributed by atoms with E-state index < -0.39 is 6.04 Å². The summed E-state index contributed by atoms with van der Waals surface area (Å²) < 4.78 is 1.74. The Morgan fingerprint density at radius 1 is 1.11 bits per heavy atom. The Morgan fingerprint density at radius 2 is 1.85 bits per heavy atom. The summed E-state index contributed by atoms with van der Waals surface area (Å²) in [5, 5.41) is 9.08. The van der Waals surface area contributed by atoms with E-state index in [-0.39, 0.29) is 5.91 Å². The molecule has 1 saturated heterocycles. The van der Waals surface area contributed by atoms with E-state index in [1.807, 2.05) is 17.9 Å². The molecule has 2 aliphatic rings. The third kappa shape index (κ3) is 3.33. The van der Waals surface area contributed by atoms with Gasteiger partial charge in [-0.05, 0) is 43.9 Å². The van der Waals surface area contributed by atoms with Crippen LogP contribution in [-0.4, -0.2) is 33.7 Å². The number of allylic oxidation sites excluding steroid dienone is 1. The van der Waals surface area contributed by atoms with Crippen molar-refractivity contribution in [3.05, 3.63) is 56.3 Å². The Bertz CT molecular complexity index is 931. The lowest BCUT2D eigenvalue weighted by atomic mass is 9.94. The second-order valence-electron chi connectivity index (χ2n) is 6.88. The van der Waals surface area contributed by atoms with Gasteiger partial charge in [0, 0.05) is 18.8 Å². The fourth-order valence-electron chi connectivity index (χ4n) is 3.76. The summed E-state index contributed by atoms with van der Waals surface area (Å²) in [4.78, 5) is 15.3. The number of nitrogens with one attached hydrogen (secondary N) is 1. The van der Waals surface area contributed by atoms with Crippen molar-refractivity contribution in [1.82, 2.24) is 14.7 Å². The number of halogens is 3. The van der Waals surface area contributed by atoms with E-state index in [1.165, 1.54) is 0 Å². The number of likely N-dealkylation sites (tertiary alicyclic amines) is 1. The lowest BCUT2D eigenvalue weighted by Gasteiger charge is -2.34. The van der Waals surface area contributed by atoms with Crippen molar-refractivity contribution < 1.29 is 4.79 Å². The fourth-order valence-corrected chi connectivity index (χ4v) is 4.25. The van der Waals surface area contributed by atoms with Crippen LogP contribution in [0.1, 0.15) is 37.8 Å². The maximum Gasteiger partial charge on any atom is 0.254 e. The number of hydrogen-bond donors (Lipinski definition) is 1. The molecule has 27 heavy (non-hydrogen) atoms. The fraction of sp³-hybridized carbons (Fsp3) is 0.368. The van der Waals surface area contributed by atoms with Crippen LogP contribution >= 0.6 is 34.8 Å². The number of hydrogen-bond acceptors (Lipinski definition) is 3. The van der Waals surface area contributed by atoms with Gasteiger partial charge in [0.15, 0.2) is 0 Å². The van der Waals surface area contributed by atoms with Crippen molar-refractivity contribution in [2.24, 2.45) is 0 Å². The SMILES string of the molecule is CC1=C(C(=O)N2CCCCC2)C(c2ccc(Cl)c(Cl)c2)n2ncc(Cl)c2N1. The van der Waals surface area contributed by atoms with Gasteiger partial charge in [-0.15, -0.1) is 0 Å². The number of carbonyl (C=O) groups excluding carboxylic acids is 1. The van der Waals surface area contributed by atoms with Crippen LogP contribution in [0.2, 0.25) is 15.1 Å². The predicted molar refractivity (Wildman–Crippen MR) is 109 cm³/mol. The second-order valence-corrected chi connectivity index (χ2v) is 8.10. The lowest BCUT2D eigenvalue weighted by molar-refractivity contribution is -0.128. The van der Waals surface area contributed by atoms with Crippen LogP contribution < -0.4 is 5.32 Å². The Balaban J connectivity index is 1.83. The number of nitrogens with zero attached hydrogens (tertiary/aromatic N) is 3. The maximum atomic E-state index is 13.4. The van der Waals surface area contributed by atoms with Crippen molar-refractivity contribution >= 4 is 46.5 Å². The van der Waals surface area contributed by atoms with Crippen LogP contribution in [0.3, 0.4) is 0 Å². The van der Waals surface area contributed by atoms with Gasteiger partial charge in [-0.25, -0.2) is 4.68 Å². The van der Waals surface area contributed by atoms with E-state index in [9.17, 15) is 4.79 Å². The third-order valence-electron chi connectivity index (χ3n) is 5.11. The molecule has 0 saturated carbocycles. The first-order valence-electron chi connectivity index (χ1n) is 8.92. The molecule has 4 rings (SSSR count). The van der Waals surface area contributed by atoms with Crippen molar-refractivity contribution in [2.45, 2.75) is 32.2 Å². The Labute approximate surface area is 172 Å². The largest absolute Gasteiger partial charge is 0.342 e. The standard InChI is InChI=1S/C19H19Cl3N4O/c1-11-16(19(27)25-7-3-2-4-8-25)17(12-5-6-13(20)14(21)9-12)26-18(24-11)15(22)10-23-26/h5-6,9-10,17,24H,2-4,7-8H2,1H3. The minimum atomic E-state index is -0.419. The highest BCUT2D eigenvalue weighted by molar-refractivity contribution is 6.42. The van der Waals surface area contributed by atoms with Gasteiger partial charge in [0.25, 0.3) is 5.91 Å². The topological polar surface area (TPSA) is 50.2 Å². The normalized spacial score (nSPS) is 19.7. The monoisotopic (exact) mass is 424 g/mol. The molecule has 8 heteroatoms. The molecule has 2 aliphatic heterocycles. The van der Waals surface area contributed by atoms with Crippen LogP contribution in [0.5, 0.6) is 0 Å². The number of fused-ring (bicyclic) bond motifs is 1. The zero-order chi connectivity index (χ0) is 19.1. The zero-order valence-electron chi connectivity index (χ0n) is 14.8. The molecule has 1 N–H and O–H groups in total. The molecule has 0 spiro atoms. The molecule has 1 aromatic heterocycles. The van der Waals surface area contributed by atoms with E-state index >= 15 is 0 Å².